The molecule has 5 aromatic rings. The van der Waals surface area contributed by atoms with E-state index >= 15 is 0 Å². The van der Waals surface area contributed by atoms with Crippen molar-refractivity contribution in [3.63, 3.8) is 0 Å². The summed E-state index contributed by atoms with van der Waals surface area (Å²) in [4.78, 5) is 33.5. The molecular weight excluding hydrogens is 804 g/mol. The highest BCUT2D eigenvalue weighted by atomic mass is 19.1. The van der Waals surface area contributed by atoms with Crippen molar-refractivity contribution in [2.45, 2.75) is 56.8 Å². The Morgan fingerprint density at radius 3 is 2.29 bits per heavy atom. The van der Waals surface area contributed by atoms with E-state index in [9.17, 15) is 14.0 Å². The van der Waals surface area contributed by atoms with E-state index in [0.717, 1.165) is 71.9 Å². The number of carbonyl (C=O) groups is 2. The van der Waals surface area contributed by atoms with Crippen molar-refractivity contribution < 1.29 is 42.4 Å². The summed E-state index contributed by atoms with van der Waals surface area (Å²) >= 11 is 0. The number of halogens is 1. The van der Waals surface area contributed by atoms with E-state index in [2.05, 4.69) is 21.2 Å². The second kappa shape index (κ2) is 21.2. The van der Waals surface area contributed by atoms with Gasteiger partial charge in [0.15, 0.2) is 0 Å². The van der Waals surface area contributed by atoms with Gasteiger partial charge in [-0.05, 0) is 71.1 Å². The number of benzene rings is 5. The maximum absolute atomic E-state index is 14.0. The minimum Gasteiger partial charge on any atom is -0.490 e. The molecule has 4 atom stereocenters. The van der Waals surface area contributed by atoms with Crippen LogP contribution in [0.15, 0.2) is 127 Å². The molecule has 0 spiro atoms. The van der Waals surface area contributed by atoms with E-state index in [1.807, 2.05) is 103 Å². The Bertz CT molecular complexity index is 2250. The first kappa shape index (κ1) is 43.3. The maximum Gasteiger partial charge on any atom is 0.410 e. The molecule has 0 bridgehead atoms. The average molecular weight is 859 g/mol. The molecule has 0 aliphatic carbocycles. The van der Waals surface area contributed by atoms with Crippen molar-refractivity contribution in [1.82, 2.24) is 10.2 Å². The Morgan fingerprint density at radius 2 is 1.54 bits per heavy atom. The van der Waals surface area contributed by atoms with Gasteiger partial charge < -0.3 is 48.4 Å². The molecule has 1 unspecified atom stereocenters. The largest absolute Gasteiger partial charge is 0.490 e. The number of piperidine rings is 1. The molecule has 13 heteroatoms. The van der Waals surface area contributed by atoms with Crippen LogP contribution in [0, 0.1) is 5.82 Å². The Kier molecular flexibility index (Phi) is 14.6. The monoisotopic (exact) mass is 858 g/mol. The van der Waals surface area contributed by atoms with Gasteiger partial charge in [-0.25, -0.2) is 14.0 Å². The Balaban J connectivity index is 1.04. The third-order valence-electron chi connectivity index (χ3n) is 11.7. The number of alkyl carbamates (subject to hydrolysis) is 1. The minimum atomic E-state index is -0.620. The zero-order chi connectivity index (χ0) is 43.4. The first-order chi connectivity index (χ1) is 30.9. The molecule has 5 aromatic carbocycles. The third kappa shape index (κ3) is 11.6. The SMILES string of the molecule is COCCCN1CCOc2ccc(CO[C@H]3CN(C(=O)OCc4ccccc4)C[C@@H](NC(=O)OCc4ccccc4)[C@@H]3c3ccc(OC4CCN(c5cccc(F)c5)C4)cc3)cc21. The quantitative estimate of drug-likeness (QED) is 0.0973. The van der Waals surface area contributed by atoms with Crippen molar-refractivity contribution in [2.24, 2.45) is 0 Å². The zero-order valence-electron chi connectivity index (χ0n) is 35.6. The number of carbonyl (C=O) groups excluding carboxylic acids is 2. The lowest BCUT2D eigenvalue weighted by Crippen LogP contribution is -2.59. The number of fused-ring (bicyclic) bond motifs is 1. The summed E-state index contributed by atoms with van der Waals surface area (Å²) in [5, 5.41) is 3.11. The van der Waals surface area contributed by atoms with Crippen LogP contribution in [-0.2, 0) is 38.8 Å². The van der Waals surface area contributed by atoms with Crippen molar-refractivity contribution in [2.75, 3.05) is 69.4 Å². The molecule has 2 fully saturated rings. The summed E-state index contributed by atoms with van der Waals surface area (Å²) in [6, 6.07) is 39.0. The number of hydrogen-bond donors (Lipinski definition) is 1. The number of likely N-dealkylation sites (tertiary alicyclic amines) is 1. The number of hydrogen-bond acceptors (Lipinski definition) is 10. The van der Waals surface area contributed by atoms with E-state index in [1.54, 1.807) is 24.1 Å². The molecule has 12 nitrogen and oxygen atoms in total. The third-order valence-corrected chi connectivity index (χ3v) is 11.7. The fraction of sp³-hybridized carbons (Fsp3) is 0.360. The minimum absolute atomic E-state index is 0.0768. The van der Waals surface area contributed by atoms with Crippen LogP contribution in [0.5, 0.6) is 11.5 Å². The van der Waals surface area contributed by atoms with Crippen LogP contribution < -0.4 is 24.6 Å². The van der Waals surface area contributed by atoms with Crippen molar-refractivity contribution >= 4 is 23.6 Å². The Hall–Kier alpha value is -6.31. The van der Waals surface area contributed by atoms with Crippen LogP contribution in [0.1, 0.15) is 41.0 Å². The van der Waals surface area contributed by atoms with Gasteiger partial charge in [0.1, 0.15) is 43.2 Å². The van der Waals surface area contributed by atoms with E-state index in [4.69, 9.17) is 28.4 Å². The highest BCUT2D eigenvalue weighted by Crippen LogP contribution is 2.36. The highest BCUT2D eigenvalue weighted by Gasteiger charge is 2.42. The summed E-state index contributed by atoms with van der Waals surface area (Å²) in [6.07, 6.45) is -0.0958. The number of ether oxygens (including phenoxy) is 6. The normalized spacial score (nSPS) is 19.5. The van der Waals surface area contributed by atoms with Gasteiger partial charge in [0.2, 0.25) is 0 Å². The molecule has 63 heavy (non-hydrogen) atoms. The lowest BCUT2D eigenvalue weighted by Gasteiger charge is -2.43. The molecule has 0 radical (unpaired) electrons. The number of methoxy groups -OCH3 is 1. The van der Waals surface area contributed by atoms with Crippen LogP contribution in [0.3, 0.4) is 0 Å². The van der Waals surface area contributed by atoms with Gasteiger partial charge in [0.05, 0.1) is 44.1 Å². The summed E-state index contributed by atoms with van der Waals surface area (Å²) in [6.45, 7) is 5.06. The number of nitrogens with zero attached hydrogens (tertiary/aromatic N) is 3. The van der Waals surface area contributed by atoms with Gasteiger partial charge in [-0.2, -0.15) is 0 Å². The van der Waals surface area contributed by atoms with Gasteiger partial charge in [0.25, 0.3) is 0 Å². The molecular formula is C50H55FN4O8. The smallest absolute Gasteiger partial charge is 0.410 e. The van der Waals surface area contributed by atoms with Gasteiger partial charge in [-0.15, -0.1) is 0 Å². The van der Waals surface area contributed by atoms with Gasteiger partial charge in [0, 0.05) is 51.4 Å². The molecule has 3 aliphatic heterocycles. The molecule has 0 aromatic heterocycles. The second-order valence-electron chi connectivity index (χ2n) is 16.1. The molecule has 3 heterocycles. The maximum atomic E-state index is 14.0. The van der Waals surface area contributed by atoms with Gasteiger partial charge in [-0.3, -0.25) is 0 Å². The molecule has 8 rings (SSSR count). The standard InChI is InChI=1S/C50H55FN4O8/c1-58-26-9-23-53-25-27-59-46-21-16-38(28-45(46)53)35-60-47-32-55(50(57)62-34-37-12-6-3-7-13-37)31-44(52-49(56)61-33-36-10-4-2-5-11-36)48(47)39-17-19-42(20-18-39)63-43-22-24-54(30-43)41-15-8-14-40(51)29-41/h2-8,10-21,28-29,43-44,47-48H,9,22-27,30-35H2,1H3,(H,52,56)/t43?,44-,47+,48+/m1/s1. The average Bonchev–Trinajstić information content (AvgIpc) is 3.79. The molecule has 3 aliphatic rings. The molecule has 330 valence electrons. The van der Waals surface area contributed by atoms with Crippen LogP contribution in [-0.4, -0.2) is 94.9 Å². The van der Waals surface area contributed by atoms with Gasteiger partial charge in [-0.1, -0.05) is 84.9 Å². The number of amides is 2. The van der Waals surface area contributed by atoms with Crippen molar-refractivity contribution in [1.29, 1.82) is 0 Å². The molecule has 2 saturated heterocycles. The van der Waals surface area contributed by atoms with E-state index in [1.165, 1.54) is 6.07 Å². The van der Waals surface area contributed by atoms with E-state index in [0.29, 0.717) is 25.5 Å². The van der Waals surface area contributed by atoms with E-state index < -0.39 is 30.3 Å². The first-order valence-corrected chi connectivity index (χ1v) is 21.7. The van der Waals surface area contributed by atoms with E-state index in [-0.39, 0.29) is 44.8 Å². The van der Waals surface area contributed by atoms with Crippen molar-refractivity contribution in [3.8, 4) is 11.5 Å². The van der Waals surface area contributed by atoms with Crippen LogP contribution in [0.25, 0.3) is 0 Å². The summed E-state index contributed by atoms with van der Waals surface area (Å²) in [7, 11) is 1.71. The highest BCUT2D eigenvalue weighted by molar-refractivity contribution is 5.70. The Morgan fingerprint density at radius 1 is 0.778 bits per heavy atom. The fourth-order valence-electron chi connectivity index (χ4n) is 8.57. The van der Waals surface area contributed by atoms with Gasteiger partial charge >= 0.3 is 12.2 Å². The fourth-order valence-corrected chi connectivity index (χ4v) is 8.57. The molecule has 1 N–H and O–H groups in total. The summed E-state index contributed by atoms with van der Waals surface area (Å²) in [5.74, 6) is 0.856. The molecule has 0 saturated carbocycles. The molecule has 2 amide bonds. The Labute approximate surface area is 368 Å². The lowest BCUT2D eigenvalue weighted by molar-refractivity contribution is -0.0351. The zero-order valence-corrected chi connectivity index (χ0v) is 35.6. The predicted molar refractivity (Wildman–Crippen MR) is 238 cm³/mol. The number of nitrogens with one attached hydrogen (secondary N) is 1. The summed E-state index contributed by atoms with van der Waals surface area (Å²) < 4.78 is 50.2. The second-order valence-corrected chi connectivity index (χ2v) is 16.1. The van der Waals surface area contributed by atoms with Crippen LogP contribution in [0.4, 0.5) is 25.4 Å². The summed E-state index contributed by atoms with van der Waals surface area (Å²) in [5.41, 5.74) is 5.39. The predicted octanol–water partition coefficient (Wildman–Crippen LogP) is 8.34. The van der Waals surface area contributed by atoms with Crippen molar-refractivity contribution in [3.05, 3.63) is 155 Å². The number of rotatable bonds is 16. The lowest BCUT2D eigenvalue weighted by atomic mass is 9.83. The van der Waals surface area contributed by atoms with Crippen LogP contribution in [0.2, 0.25) is 0 Å². The first-order valence-electron chi connectivity index (χ1n) is 21.7. The number of anilines is 2. The van der Waals surface area contributed by atoms with Crippen LogP contribution >= 0.6 is 0 Å². The topological polar surface area (TPSA) is 111 Å².